The van der Waals surface area contributed by atoms with Crippen LogP contribution < -0.4 is 11.1 Å². The number of aryl methyl sites for hydroxylation is 1. The van der Waals surface area contributed by atoms with Gasteiger partial charge in [0.1, 0.15) is 17.3 Å². The number of allylic oxidation sites excluding steroid dienone is 1. The molecule has 0 unspecified atom stereocenters. The number of nitrogens with zero attached hydrogens (tertiary/aromatic N) is 2. The van der Waals surface area contributed by atoms with Crippen molar-refractivity contribution in [1.29, 1.82) is 0 Å². The maximum absolute atomic E-state index is 11.5. The van der Waals surface area contributed by atoms with Gasteiger partial charge < -0.3 is 20.9 Å². The normalized spacial score (nSPS) is 15.3. The van der Waals surface area contributed by atoms with Crippen molar-refractivity contribution in [3.63, 3.8) is 0 Å². The van der Waals surface area contributed by atoms with E-state index >= 15 is 0 Å². The molecule has 1 saturated carbocycles. The first kappa shape index (κ1) is 36.1. The number of benzene rings is 1. The topological polar surface area (TPSA) is 121 Å². The zero-order chi connectivity index (χ0) is 31.3. The van der Waals surface area contributed by atoms with Crippen molar-refractivity contribution in [2.75, 3.05) is 33.2 Å². The molecule has 2 aromatic rings. The number of likely N-dealkylation sites (tertiary alicyclic amines) is 1. The van der Waals surface area contributed by atoms with Crippen LogP contribution in [-0.4, -0.2) is 66.6 Å². The fraction of sp³-hybridized carbons (Fsp3) is 0.600. The zero-order valence-electron chi connectivity index (χ0n) is 26.8. The average molecular weight is 594 g/mol. The largest absolute Gasteiger partial charge is 0.372 e. The highest BCUT2D eigenvalue weighted by Gasteiger charge is 2.43. The molecule has 1 saturated heterocycles. The summed E-state index contributed by atoms with van der Waals surface area (Å²) in [6.45, 7) is 9.20. The number of primary amides is 1. The van der Waals surface area contributed by atoms with Crippen LogP contribution in [0.3, 0.4) is 0 Å². The third kappa shape index (κ3) is 13.8. The molecule has 1 spiro atoms. The first-order valence-electron chi connectivity index (χ1n) is 16.3. The fourth-order valence-corrected chi connectivity index (χ4v) is 5.43. The van der Waals surface area contributed by atoms with E-state index in [0.29, 0.717) is 24.3 Å². The summed E-state index contributed by atoms with van der Waals surface area (Å²) in [4.78, 5) is 41.8. The minimum atomic E-state index is 0.250. The van der Waals surface area contributed by atoms with Gasteiger partial charge in [-0.1, -0.05) is 57.0 Å². The Bertz CT molecular complexity index is 1110. The van der Waals surface area contributed by atoms with Crippen LogP contribution in [0.5, 0.6) is 0 Å². The molecule has 4 rings (SSSR count). The molecule has 2 fully saturated rings. The highest BCUT2D eigenvalue weighted by molar-refractivity contribution is 5.78. The smallest absolute Gasteiger partial charge is 0.204 e. The van der Waals surface area contributed by atoms with E-state index in [2.05, 4.69) is 57.1 Å². The SMILES string of the molecule is CCC(=O)CCCCCCc1[nH]c(-c2cccc(/C=C/CCCNC)c2)nc1C=O.CCN1CCC2(CC1)CC2.NC=O. The lowest BCUT2D eigenvalue weighted by molar-refractivity contribution is -0.118. The lowest BCUT2D eigenvalue weighted by Gasteiger charge is -2.30. The summed E-state index contributed by atoms with van der Waals surface area (Å²) in [5.74, 6) is 1.08. The number of unbranched alkanes of at least 4 members (excludes halogenated alkanes) is 4. The molecule has 43 heavy (non-hydrogen) atoms. The minimum absolute atomic E-state index is 0.250. The highest BCUT2D eigenvalue weighted by Crippen LogP contribution is 2.53. The number of carbonyl (C=O) groups is 3. The van der Waals surface area contributed by atoms with Gasteiger partial charge in [0.05, 0.1) is 0 Å². The molecule has 1 amide bonds. The minimum Gasteiger partial charge on any atom is -0.372 e. The maximum atomic E-state index is 11.5. The number of aromatic amines is 1. The number of nitrogens with two attached hydrogens (primary N) is 1. The second-order valence-corrected chi connectivity index (χ2v) is 11.7. The third-order valence-electron chi connectivity index (χ3n) is 8.54. The molecule has 1 aromatic heterocycles. The summed E-state index contributed by atoms with van der Waals surface area (Å²) in [7, 11) is 1.97. The quantitative estimate of drug-likeness (QED) is 0.154. The number of H-pyrrole nitrogens is 1. The van der Waals surface area contributed by atoms with Crippen LogP contribution in [0, 0.1) is 5.41 Å². The van der Waals surface area contributed by atoms with Gasteiger partial charge in [-0.15, -0.1) is 0 Å². The lowest BCUT2D eigenvalue weighted by Crippen LogP contribution is -2.34. The molecule has 2 aliphatic rings. The Hall–Kier alpha value is -3.10. The maximum Gasteiger partial charge on any atom is 0.204 e. The second-order valence-electron chi connectivity index (χ2n) is 11.7. The van der Waals surface area contributed by atoms with Crippen molar-refractivity contribution in [3.05, 3.63) is 47.3 Å². The molecule has 2 heterocycles. The van der Waals surface area contributed by atoms with Crippen LogP contribution >= 0.6 is 0 Å². The Balaban J connectivity index is 0.000000406. The summed E-state index contributed by atoms with van der Waals surface area (Å²) in [5, 5.41) is 3.15. The summed E-state index contributed by atoms with van der Waals surface area (Å²) in [6.07, 6.45) is 19.8. The van der Waals surface area contributed by atoms with Crippen molar-refractivity contribution in [1.82, 2.24) is 20.2 Å². The monoisotopic (exact) mass is 593 g/mol. The van der Waals surface area contributed by atoms with Crippen LogP contribution in [0.2, 0.25) is 0 Å². The number of aromatic nitrogens is 2. The summed E-state index contributed by atoms with van der Waals surface area (Å²) in [5.41, 5.74) is 8.55. The molecule has 238 valence electrons. The van der Waals surface area contributed by atoms with E-state index in [4.69, 9.17) is 4.79 Å². The van der Waals surface area contributed by atoms with E-state index in [1.165, 1.54) is 45.3 Å². The molecule has 8 nitrogen and oxygen atoms in total. The van der Waals surface area contributed by atoms with Crippen LogP contribution in [0.1, 0.15) is 113 Å². The van der Waals surface area contributed by atoms with Gasteiger partial charge in [-0.3, -0.25) is 14.4 Å². The average Bonchev–Trinajstić information content (AvgIpc) is 3.65. The van der Waals surface area contributed by atoms with E-state index in [0.717, 1.165) is 85.8 Å². The van der Waals surface area contributed by atoms with Crippen molar-refractivity contribution in [3.8, 4) is 11.4 Å². The summed E-state index contributed by atoms with van der Waals surface area (Å²) >= 11 is 0. The molecule has 0 bridgehead atoms. The number of Topliss-reactive ketones (excluding diaryl/α,β-unsaturated/α-hetero) is 1. The second kappa shape index (κ2) is 20.7. The highest BCUT2D eigenvalue weighted by atomic mass is 16.1. The number of imidazole rings is 1. The van der Waals surface area contributed by atoms with E-state index in [1.807, 2.05) is 26.1 Å². The van der Waals surface area contributed by atoms with E-state index < -0.39 is 0 Å². The number of piperidine rings is 1. The molecular weight excluding hydrogens is 538 g/mol. The van der Waals surface area contributed by atoms with E-state index in [9.17, 15) is 9.59 Å². The van der Waals surface area contributed by atoms with Gasteiger partial charge in [0.15, 0.2) is 6.29 Å². The number of carbonyl (C=O) groups excluding carboxylic acids is 3. The van der Waals surface area contributed by atoms with Crippen LogP contribution in [0.4, 0.5) is 0 Å². The first-order valence-corrected chi connectivity index (χ1v) is 16.3. The number of hydrogen-bond acceptors (Lipinski definition) is 6. The Morgan fingerprint density at radius 2 is 1.79 bits per heavy atom. The van der Waals surface area contributed by atoms with Crippen LogP contribution in [-0.2, 0) is 16.0 Å². The molecule has 0 radical (unpaired) electrons. The molecule has 1 aliphatic carbocycles. The molecule has 1 aromatic carbocycles. The number of rotatable bonds is 16. The van der Waals surface area contributed by atoms with Crippen LogP contribution in [0.15, 0.2) is 30.3 Å². The van der Waals surface area contributed by atoms with E-state index in [-0.39, 0.29) is 6.41 Å². The Labute approximate surface area is 259 Å². The first-order chi connectivity index (χ1) is 20.9. The van der Waals surface area contributed by atoms with Gasteiger partial charge in [-0.05, 0) is 108 Å². The Morgan fingerprint density at radius 1 is 1.07 bits per heavy atom. The summed E-state index contributed by atoms with van der Waals surface area (Å²) < 4.78 is 0. The Morgan fingerprint density at radius 3 is 2.42 bits per heavy atom. The Kier molecular flexibility index (Phi) is 17.4. The van der Waals surface area contributed by atoms with Gasteiger partial charge in [-0.25, -0.2) is 4.98 Å². The number of hydrogen-bond donors (Lipinski definition) is 3. The zero-order valence-corrected chi connectivity index (χ0v) is 26.8. The lowest BCUT2D eigenvalue weighted by atomic mass is 9.94. The fourth-order valence-electron chi connectivity index (χ4n) is 5.43. The number of amides is 1. The number of aldehydes is 1. The number of ketones is 1. The van der Waals surface area contributed by atoms with Gasteiger partial charge in [0.25, 0.3) is 0 Å². The molecule has 4 N–H and O–H groups in total. The molecular formula is C35H55N5O3. The number of nitrogens with one attached hydrogen (secondary N) is 2. The molecule has 1 aliphatic heterocycles. The van der Waals surface area contributed by atoms with Crippen molar-refractivity contribution >= 4 is 24.6 Å². The molecule has 8 heteroatoms. The van der Waals surface area contributed by atoms with Crippen LogP contribution in [0.25, 0.3) is 17.5 Å². The predicted molar refractivity (Wildman–Crippen MR) is 177 cm³/mol. The molecule has 0 atom stereocenters. The summed E-state index contributed by atoms with van der Waals surface area (Å²) in [6, 6.07) is 8.20. The standard InChI is InChI=1S/C25H35N3O2.C9H17N.CH3NO/c1-3-22(30)15-8-4-5-9-16-23-24(19-29)28-25(27-23)21-14-11-13-20(18-21)12-7-6-10-17-26-2;1-2-10-7-5-9(3-4-9)6-8-10;2-1-3/h7,11-14,18-19,26H,3-6,8-10,15-17H2,1-2H3,(H,27,28);2-8H2,1H3;1H,(H2,2,3)/b12-7+;;. The van der Waals surface area contributed by atoms with Gasteiger partial charge in [0, 0.05) is 24.1 Å². The van der Waals surface area contributed by atoms with E-state index in [1.54, 1.807) is 0 Å². The van der Waals surface area contributed by atoms with Crippen molar-refractivity contribution < 1.29 is 14.4 Å². The predicted octanol–water partition coefficient (Wildman–Crippen LogP) is 6.36. The van der Waals surface area contributed by atoms with Crippen molar-refractivity contribution in [2.24, 2.45) is 11.1 Å². The van der Waals surface area contributed by atoms with Gasteiger partial charge >= 0.3 is 0 Å². The van der Waals surface area contributed by atoms with Gasteiger partial charge in [0.2, 0.25) is 6.41 Å². The van der Waals surface area contributed by atoms with Crippen molar-refractivity contribution in [2.45, 2.75) is 97.3 Å². The van der Waals surface area contributed by atoms with Gasteiger partial charge in [-0.2, -0.15) is 0 Å². The third-order valence-corrected chi connectivity index (χ3v) is 8.54.